The van der Waals surface area contributed by atoms with Crippen LogP contribution in [0, 0.1) is 0 Å². The van der Waals surface area contributed by atoms with E-state index in [1.165, 1.54) is 12.1 Å². The van der Waals surface area contributed by atoms with Gasteiger partial charge in [-0.1, -0.05) is 36.4 Å². The van der Waals surface area contributed by atoms with E-state index in [9.17, 15) is 18.3 Å². The van der Waals surface area contributed by atoms with Crippen molar-refractivity contribution in [3.05, 3.63) is 84.4 Å². The molecule has 0 aromatic heterocycles. The molecule has 2 N–H and O–H groups in total. The van der Waals surface area contributed by atoms with Gasteiger partial charge in [0.2, 0.25) is 10.0 Å². The minimum absolute atomic E-state index is 0.0376. The van der Waals surface area contributed by atoms with Gasteiger partial charge in [-0.3, -0.25) is 4.79 Å². The van der Waals surface area contributed by atoms with Gasteiger partial charge in [-0.05, 0) is 48.4 Å². The number of benzene rings is 3. The molecule has 1 atom stereocenters. The highest BCUT2D eigenvalue weighted by Gasteiger charge is 2.26. The number of nitrogens with one attached hydrogen (secondary N) is 1. The average molecular weight is 496 g/mol. The van der Waals surface area contributed by atoms with Gasteiger partial charge in [-0.2, -0.15) is 4.72 Å². The largest absolute Gasteiger partial charge is 0.497 e. The molecule has 3 aromatic carbocycles. The van der Waals surface area contributed by atoms with E-state index in [-0.39, 0.29) is 11.3 Å². The SMILES string of the molecule is COc1cccc(N2CCN(c3ccc(S(=O)(=O)N[C@@H](Cc4ccccc4)C(=O)O)cc3)CC2)c1. The number of carboxylic acid groups (broad SMARTS) is 1. The Labute approximate surface area is 205 Å². The van der Waals surface area contributed by atoms with Crippen molar-refractivity contribution >= 4 is 27.4 Å². The van der Waals surface area contributed by atoms with Crippen LogP contribution in [0.4, 0.5) is 11.4 Å². The van der Waals surface area contributed by atoms with Crippen LogP contribution >= 0.6 is 0 Å². The number of methoxy groups -OCH3 is 1. The molecule has 4 rings (SSSR count). The lowest BCUT2D eigenvalue weighted by Gasteiger charge is -2.37. The van der Waals surface area contributed by atoms with E-state index in [1.54, 1.807) is 43.5 Å². The number of aliphatic carboxylic acids is 1. The summed E-state index contributed by atoms with van der Waals surface area (Å²) >= 11 is 0. The molecule has 1 fully saturated rings. The molecule has 0 radical (unpaired) electrons. The van der Waals surface area contributed by atoms with Crippen LogP contribution in [-0.4, -0.2) is 58.8 Å². The first-order valence-corrected chi connectivity index (χ1v) is 12.9. The number of sulfonamides is 1. The van der Waals surface area contributed by atoms with Gasteiger partial charge < -0.3 is 19.6 Å². The predicted octanol–water partition coefficient (Wildman–Crippen LogP) is 3.00. The summed E-state index contributed by atoms with van der Waals surface area (Å²) in [6, 6.07) is 22.2. The second-order valence-corrected chi connectivity index (χ2v) is 10.1. The summed E-state index contributed by atoms with van der Waals surface area (Å²) in [6.07, 6.45) is 0.0606. The Balaban J connectivity index is 1.39. The highest BCUT2D eigenvalue weighted by Crippen LogP contribution is 2.25. The molecule has 3 aromatic rings. The molecule has 0 amide bonds. The molecule has 1 saturated heterocycles. The second-order valence-electron chi connectivity index (χ2n) is 8.37. The molecule has 0 saturated carbocycles. The van der Waals surface area contributed by atoms with Crippen molar-refractivity contribution in [3.63, 3.8) is 0 Å². The quantitative estimate of drug-likeness (QED) is 0.471. The molecular formula is C26H29N3O5S. The maximum atomic E-state index is 12.9. The van der Waals surface area contributed by atoms with Crippen LogP contribution in [0.25, 0.3) is 0 Å². The lowest BCUT2D eigenvalue weighted by Crippen LogP contribution is -2.46. The molecule has 1 aliphatic heterocycles. The zero-order valence-electron chi connectivity index (χ0n) is 19.5. The third-order valence-electron chi connectivity index (χ3n) is 6.09. The Morgan fingerprint density at radius 1 is 0.914 bits per heavy atom. The fourth-order valence-electron chi connectivity index (χ4n) is 4.15. The van der Waals surface area contributed by atoms with E-state index < -0.39 is 22.0 Å². The van der Waals surface area contributed by atoms with Crippen molar-refractivity contribution in [2.24, 2.45) is 0 Å². The van der Waals surface area contributed by atoms with Crippen LogP contribution in [0.15, 0.2) is 83.8 Å². The number of nitrogens with zero attached hydrogens (tertiary/aromatic N) is 2. The van der Waals surface area contributed by atoms with Crippen molar-refractivity contribution in [2.75, 3.05) is 43.1 Å². The average Bonchev–Trinajstić information content (AvgIpc) is 2.89. The first kappa shape index (κ1) is 24.6. The molecule has 9 heteroatoms. The molecule has 184 valence electrons. The summed E-state index contributed by atoms with van der Waals surface area (Å²) < 4.78 is 33.4. The van der Waals surface area contributed by atoms with Crippen LogP contribution in [0.3, 0.4) is 0 Å². The van der Waals surface area contributed by atoms with Crippen LogP contribution in [-0.2, 0) is 21.2 Å². The fourth-order valence-corrected chi connectivity index (χ4v) is 5.34. The van der Waals surface area contributed by atoms with E-state index in [1.807, 2.05) is 24.3 Å². The van der Waals surface area contributed by atoms with E-state index in [2.05, 4.69) is 20.6 Å². The maximum absolute atomic E-state index is 12.9. The Kier molecular flexibility index (Phi) is 7.57. The number of rotatable bonds is 9. The van der Waals surface area contributed by atoms with Crippen LogP contribution in [0.1, 0.15) is 5.56 Å². The zero-order valence-corrected chi connectivity index (χ0v) is 20.3. The van der Waals surface area contributed by atoms with Crippen LogP contribution < -0.4 is 19.3 Å². The fraction of sp³-hybridized carbons (Fsp3) is 0.269. The van der Waals surface area contributed by atoms with Crippen molar-refractivity contribution in [1.29, 1.82) is 0 Å². The minimum Gasteiger partial charge on any atom is -0.497 e. The van der Waals surface area contributed by atoms with Gasteiger partial charge in [-0.25, -0.2) is 8.42 Å². The highest BCUT2D eigenvalue weighted by atomic mass is 32.2. The number of piperazine rings is 1. The molecule has 35 heavy (non-hydrogen) atoms. The normalized spacial score (nSPS) is 15.0. The molecular weight excluding hydrogens is 466 g/mol. The summed E-state index contributed by atoms with van der Waals surface area (Å²) in [7, 11) is -2.34. The zero-order chi connectivity index (χ0) is 24.8. The van der Waals surface area contributed by atoms with Crippen molar-refractivity contribution < 1.29 is 23.1 Å². The van der Waals surface area contributed by atoms with E-state index in [4.69, 9.17) is 4.74 Å². The summed E-state index contributed by atoms with van der Waals surface area (Å²) in [6.45, 7) is 3.24. The molecule has 0 bridgehead atoms. The number of anilines is 2. The Morgan fingerprint density at radius 2 is 1.54 bits per heavy atom. The summed E-state index contributed by atoms with van der Waals surface area (Å²) in [5, 5.41) is 9.55. The van der Waals surface area contributed by atoms with Crippen molar-refractivity contribution in [1.82, 2.24) is 4.72 Å². The first-order chi connectivity index (χ1) is 16.9. The lowest BCUT2D eigenvalue weighted by atomic mass is 10.1. The van der Waals surface area contributed by atoms with Crippen LogP contribution in [0.5, 0.6) is 5.75 Å². The van der Waals surface area contributed by atoms with Gasteiger partial charge in [-0.15, -0.1) is 0 Å². The third-order valence-corrected chi connectivity index (χ3v) is 7.58. The number of carboxylic acids is 1. The molecule has 8 nitrogen and oxygen atoms in total. The highest BCUT2D eigenvalue weighted by molar-refractivity contribution is 7.89. The smallest absolute Gasteiger partial charge is 0.322 e. The number of carbonyl (C=O) groups is 1. The van der Waals surface area contributed by atoms with Gasteiger partial charge in [0.05, 0.1) is 12.0 Å². The lowest BCUT2D eigenvalue weighted by molar-refractivity contribution is -0.138. The molecule has 1 heterocycles. The monoisotopic (exact) mass is 495 g/mol. The number of ether oxygens (including phenoxy) is 1. The number of hydrogen-bond donors (Lipinski definition) is 2. The van der Waals surface area contributed by atoms with E-state index >= 15 is 0 Å². The molecule has 0 spiro atoms. The Hall–Kier alpha value is -3.56. The number of hydrogen-bond acceptors (Lipinski definition) is 6. The van der Waals surface area contributed by atoms with Crippen molar-refractivity contribution in [2.45, 2.75) is 17.4 Å². The third kappa shape index (κ3) is 6.12. The van der Waals surface area contributed by atoms with E-state index in [0.717, 1.165) is 48.9 Å². The first-order valence-electron chi connectivity index (χ1n) is 11.4. The molecule has 0 aliphatic carbocycles. The van der Waals surface area contributed by atoms with Crippen molar-refractivity contribution in [3.8, 4) is 5.75 Å². The standard InChI is InChI=1S/C26H29N3O5S/c1-34-23-9-5-8-22(19-23)29-16-14-28(15-17-29)21-10-12-24(13-11-21)35(32,33)27-25(26(30)31)18-20-6-3-2-4-7-20/h2-13,19,25,27H,14-18H2,1H3,(H,30,31)/t25-/m0/s1. The van der Waals surface area contributed by atoms with Gasteiger partial charge in [0.25, 0.3) is 0 Å². The molecule has 0 unspecified atom stereocenters. The van der Waals surface area contributed by atoms with Gasteiger partial charge >= 0.3 is 5.97 Å². The Bertz CT molecular complexity index is 1240. The predicted molar refractivity (Wildman–Crippen MR) is 136 cm³/mol. The second kappa shape index (κ2) is 10.8. The molecule has 1 aliphatic rings. The topological polar surface area (TPSA) is 99.2 Å². The van der Waals surface area contributed by atoms with Crippen LogP contribution in [0.2, 0.25) is 0 Å². The van der Waals surface area contributed by atoms with E-state index in [0.29, 0.717) is 0 Å². The Morgan fingerprint density at radius 3 is 2.14 bits per heavy atom. The maximum Gasteiger partial charge on any atom is 0.322 e. The van der Waals surface area contributed by atoms with Gasteiger partial charge in [0.15, 0.2) is 0 Å². The summed E-state index contributed by atoms with van der Waals surface area (Å²) in [5.41, 5.74) is 2.78. The minimum atomic E-state index is -3.99. The van der Waals surface area contributed by atoms with Gasteiger partial charge in [0, 0.05) is 43.6 Å². The summed E-state index contributed by atoms with van der Waals surface area (Å²) in [4.78, 5) is 16.2. The van der Waals surface area contributed by atoms with Gasteiger partial charge in [0.1, 0.15) is 11.8 Å². The summed E-state index contributed by atoms with van der Waals surface area (Å²) in [5.74, 6) is -0.396.